The summed E-state index contributed by atoms with van der Waals surface area (Å²) in [5.74, 6) is -2.31. The summed E-state index contributed by atoms with van der Waals surface area (Å²) in [7, 11) is 0. The minimum absolute atomic E-state index is 0.0351. The van der Waals surface area contributed by atoms with Crippen molar-refractivity contribution in [3.63, 3.8) is 0 Å². The van der Waals surface area contributed by atoms with E-state index in [4.69, 9.17) is 11.6 Å². The lowest BCUT2D eigenvalue weighted by Gasteiger charge is -2.47. The molecule has 0 bridgehead atoms. The van der Waals surface area contributed by atoms with E-state index in [2.05, 4.69) is 0 Å². The molecule has 0 N–H and O–H groups in total. The van der Waals surface area contributed by atoms with Crippen LogP contribution in [0.3, 0.4) is 0 Å². The highest BCUT2D eigenvalue weighted by Crippen LogP contribution is 2.41. The molecule has 2 unspecified atom stereocenters. The molecular weight excluding hydrogens is 248 g/mol. The molecule has 2 atom stereocenters. The fourth-order valence-electron chi connectivity index (χ4n) is 2.85. The molecule has 0 radical (unpaired) electrons. The molecule has 98 valence electrons. The lowest BCUT2D eigenvalue weighted by molar-refractivity contribution is -0.142. The Balaban J connectivity index is 1.90. The second-order valence-electron chi connectivity index (χ2n) is 5.20. The Morgan fingerprint density at radius 2 is 1.94 bits per heavy atom. The number of rotatable bonds is 2. The van der Waals surface area contributed by atoms with E-state index in [9.17, 15) is 13.6 Å². The highest BCUT2D eigenvalue weighted by atomic mass is 35.5. The summed E-state index contributed by atoms with van der Waals surface area (Å²) >= 11 is 5.77. The molecule has 1 saturated heterocycles. The summed E-state index contributed by atoms with van der Waals surface area (Å²) in [6, 6.07) is 0.153. The van der Waals surface area contributed by atoms with Crippen LogP contribution in [0, 0.1) is 5.92 Å². The first-order valence-corrected chi connectivity index (χ1v) is 6.67. The van der Waals surface area contributed by atoms with Crippen molar-refractivity contribution in [3.05, 3.63) is 0 Å². The molecule has 1 saturated carbocycles. The molecule has 1 aliphatic carbocycles. The van der Waals surface area contributed by atoms with E-state index in [1.54, 1.807) is 11.8 Å². The van der Waals surface area contributed by atoms with Crippen molar-refractivity contribution in [3.8, 4) is 0 Å². The Hall–Kier alpha value is -0.380. The van der Waals surface area contributed by atoms with Gasteiger partial charge in [0.15, 0.2) is 0 Å². The van der Waals surface area contributed by atoms with Crippen molar-refractivity contribution >= 4 is 17.5 Å². The third-order valence-electron chi connectivity index (χ3n) is 4.00. The summed E-state index contributed by atoms with van der Waals surface area (Å²) in [4.78, 5) is 13.5. The van der Waals surface area contributed by atoms with Crippen LogP contribution >= 0.6 is 11.6 Å². The number of hydrogen-bond acceptors (Lipinski definition) is 1. The van der Waals surface area contributed by atoms with Gasteiger partial charge in [0.25, 0.3) is 0 Å². The zero-order valence-corrected chi connectivity index (χ0v) is 10.7. The Morgan fingerprint density at radius 3 is 2.35 bits per heavy atom. The highest BCUT2D eigenvalue weighted by Gasteiger charge is 2.43. The summed E-state index contributed by atoms with van der Waals surface area (Å²) in [6.45, 7) is 2.39. The fraction of sp³-hybridized carbons (Fsp3) is 0.917. The van der Waals surface area contributed by atoms with Crippen LogP contribution in [-0.2, 0) is 4.79 Å². The largest absolute Gasteiger partial charge is 0.338 e. The maximum absolute atomic E-state index is 13.0. The SMILES string of the molecule is CC(Cl)C(=O)N1CCC1C1CCC(F)(F)CC1. The monoisotopic (exact) mass is 265 g/mol. The molecule has 0 aromatic rings. The summed E-state index contributed by atoms with van der Waals surface area (Å²) in [5, 5.41) is -0.511. The average molecular weight is 266 g/mol. The lowest BCUT2D eigenvalue weighted by Crippen LogP contribution is -2.57. The van der Waals surface area contributed by atoms with Crippen LogP contribution in [0.4, 0.5) is 8.78 Å². The second kappa shape index (κ2) is 4.71. The molecule has 2 nitrogen and oxygen atoms in total. The van der Waals surface area contributed by atoms with Crippen molar-refractivity contribution in [1.82, 2.24) is 4.90 Å². The number of carbonyl (C=O) groups excluding carboxylic acids is 1. The Bertz CT molecular complexity index is 299. The second-order valence-corrected chi connectivity index (χ2v) is 5.85. The predicted molar refractivity (Wildman–Crippen MR) is 62.3 cm³/mol. The van der Waals surface area contributed by atoms with Crippen LogP contribution in [0.15, 0.2) is 0 Å². The standard InChI is InChI=1S/C12H18ClF2NO/c1-8(13)11(17)16-7-4-10(16)9-2-5-12(14,15)6-3-9/h8-10H,2-7H2,1H3. The molecule has 1 heterocycles. The molecule has 17 heavy (non-hydrogen) atoms. The van der Waals surface area contributed by atoms with Crippen LogP contribution in [-0.4, -0.2) is 34.7 Å². The van der Waals surface area contributed by atoms with Crippen molar-refractivity contribution in [2.24, 2.45) is 5.92 Å². The van der Waals surface area contributed by atoms with Gasteiger partial charge >= 0.3 is 0 Å². The number of likely N-dealkylation sites (tertiary alicyclic amines) is 1. The van der Waals surface area contributed by atoms with Crippen molar-refractivity contribution < 1.29 is 13.6 Å². The third-order valence-corrected chi connectivity index (χ3v) is 4.18. The molecule has 1 amide bonds. The van der Waals surface area contributed by atoms with Gasteiger partial charge < -0.3 is 4.90 Å². The van der Waals surface area contributed by atoms with E-state index in [0.29, 0.717) is 12.8 Å². The van der Waals surface area contributed by atoms with Gasteiger partial charge in [-0.1, -0.05) is 0 Å². The zero-order chi connectivity index (χ0) is 12.6. The first-order chi connectivity index (χ1) is 7.91. The normalized spacial score (nSPS) is 30.8. The lowest BCUT2D eigenvalue weighted by atomic mass is 9.77. The van der Waals surface area contributed by atoms with Gasteiger partial charge in [0.2, 0.25) is 11.8 Å². The quantitative estimate of drug-likeness (QED) is 0.703. The molecule has 0 aromatic carbocycles. The van der Waals surface area contributed by atoms with Gasteiger partial charge in [-0.25, -0.2) is 8.78 Å². The number of alkyl halides is 3. The van der Waals surface area contributed by atoms with E-state index in [0.717, 1.165) is 13.0 Å². The smallest absolute Gasteiger partial charge is 0.248 e. The number of hydrogen-bond donors (Lipinski definition) is 0. The van der Waals surface area contributed by atoms with E-state index in [1.807, 2.05) is 0 Å². The first-order valence-electron chi connectivity index (χ1n) is 6.23. The van der Waals surface area contributed by atoms with Crippen molar-refractivity contribution in [2.45, 2.75) is 56.4 Å². The molecule has 0 aromatic heterocycles. The van der Waals surface area contributed by atoms with E-state index in [-0.39, 0.29) is 30.7 Å². The van der Waals surface area contributed by atoms with E-state index in [1.165, 1.54) is 0 Å². The zero-order valence-electron chi connectivity index (χ0n) is 9.96. The van der Waals surface area contributed by atoms with Crippen LogP contribution in [0.1, 0.15) is 39.0 Å². The molecule has 2 rings (SSSR count). The minimum Gasteiger partial charge on any atom is -0.338 e. The van der Waals surface area contributed by atoms with Gasteiger partial charge in [-0.15, -0.1) is 11.6 Å². The number of halogens is 3. The molecule has 5 heteroatoms. The highest BCUT2D eigenvalue weighted by molar-refractivity contribution is 6.30. The minimum atomic E-state index is -2.49. The van der Waals surface area contributed by atoms with Crippen molar-refractivity contribution in [1.29, 1.82) is 0 Å². The molecule has 2 fully saturated rings. The van der Waals surface area contributed by atoms with Gasteiger partial charge in [-0.05, 0) is 32.1 Å². The number of amides is 1. The van der Waals surface area contributed by atoms with Gasteiger partial charge in [-0.3, -0.25) is 4.79 Å². The Kier molecular flexibility index (Phi) is 3.62. The van der Waals surface area contributed by atoms with Gasteiger partial charge in [0, 0.05) is 25.4 Å². The average Bonchev–Trinajstić information content (AvgIpc) is 2.19. The predicted octanol–water partition coefficient (Wildman–Crippen LogP) is 3.04. The number of nitrogens with zero attached hydrogens (tertiary/aromatic N) is 1. The first kappa shape index (κ1) is 13.1. The van der Waals surface area contributed by atoms with E-state index >= 15 is 0 Å². The Labute approximate surface area is 105 Å². The summed E-state index contributed by atoms with van der Waals surface area (Å²) < 4.78 is 26.1. The topological polar surface area (TPSA) is 20.3 Å². The van der Waals surface area contributed by atoms with Crippen LogP contribution in [0.5, 0.6) is 0 Å². The molecule has 2 aliphatic rings. The van der Waals surface area contributed by atoms with Crippen LogP contribution in [0.25, 0.3) is 0 Å². The molecular formula is C12H18ClF2NO. The maximum atomic E-state index is 13.0. The van der Waals surface area contributed by atoms with Crippen LogP contribution in [0.2, 0.25) is 0 Å². The Morgan fingerprint density at radius 1 is 1.35 bits per heavy atom. The van der Waals surface area contributed by atoms with Gasteiger partial charge in [-0.2, -0.15) is 0 Å². The molecule has 1 aliphatic heterocycles. The van der Waals surface area contributed by atoms with Gasteiger partial charge in [0.05, 0.1) is 0 Å². The summed E-state index contributed by atoms with van der Waals surface area (Å²) in [5.41, 5.74) is 0. The van der Waals surface area contributed by atoms with Crippen molar-refractivity contribution in [2.75, 3.05) is 6.54 Å². The third kappa shape index (κ3) is 2.72. The summed E-state index contributed by atoms with van der Waals surface area (Å²) in [6.07, 6.45) is 1.92. The number of carbonyl (C=O) groups is 1. The van der Waals surface area contributed by atoms with E-state index < -0.39 is 11.3 Å². The fourth-order valence-corrected chi connectivity index (χ4v) is 2.97. The van der Waals surface area contributed by atoms with Crippen LogP contribution < -0.4 is 0 Å². The maximum Gasteiger partial charge on any atom is 0.248 e. The van der Waals surface area contributed by atoms with Gasteiger partial charge in [0.1, 0.15) is 5.38 Å². The molecule has 0 spiro atoms.